The summed E-state index contributed by atoms with van der Waals surface area (Å²) < 4.78 is 11.0. The molecule has 0 saturated carbocycles. The predicted octanol–water partition coefficient (Wildman–Crippen LogP) is 4.20. The highest BCUT2D eigenvalue weighted by molar-refractivity contribution is 5.24. The van der Waals surface area contributed by atoms with Crippen LogP contribution >= 0.6 is 0 Å². The van der Waals surface area contributed by atoms with Crippen LogP contribution in [0.1, 0.15) is 40.0 Å². The summed E-state index contributed by atoms with van der Waals surface area (Å²) in [5, 5.41) is 0. The van der Waals surface area contributed by atoms with Gasteiger partial charge < -0.3 is 9.47 Å². The van der Waals surface area contributed by atoms with Crippen LogP contribution in [0.15, 0.2) is 35.8 Å². The van der Waals surface area contributed by atoms with Crippen LogP contribution in [0.5, 0.6) is 0 Å². The summed E-state index contributed by atoms with van der Waals surface area (Å²) in [6, 6.07) is 0. The molecule has 0 rings (SSSR count). The minimum absolute atomic E-state index is 0.748. The molecule has 0 N–H and O–H groups in total. The highest BCUT2D eigenvalue weighted by atomic mass is 16.5. The standard InChI is InChI=1S/C14H24O2/c1-5-8-9-12-16-14(11-7-3)13(15-4)10-6-2/h6-7,10-11H,5,8-9,12H2,1-4H3/b10-6-,11-7+,14-13-. The zero-order chi connectivity index (χ0) is 12.2. The van der Waals surface area contributed by atoms with Crippen LogP contribution in [0.4, 0.5) is 0 Å². The van der Waals surface area contributed by atoms with Crippen molar-refractivity contribution in [3.63, 3.8) is 0 Å². The molecule has 0 aliphatic carbocycles. The van der Waals surface area contributed by atoms with Crippen molar-refractivity contribution in [2.75, 3.05) is 13.7 Å². The molecule has 0 heterocycles. The maximum atomic E-state index is 5.71. The van der Waals surface area contributed by atoms with Gasteiger partial charge >= 0.3 is 0 Å². The molecule has 0 unspecified atom stereocenters. The lowest BCUT2D eigenvalue weighted by atomic mass is 10.2. The van der Waals surface area contributed by atoms with E-state index in [0.29, 0.717) is 0 Å². The molecule has 16 heavy (non-hydrogen) atoms. The quantitative estimate of drug-likeness (QED) is 0.349. The van der Waals surface area contributed by atoms with Crippen molar-refractivity contribution in [3.8, 4) is 0 Å². The molecule has 0 aromatic heterocycles. The van der Waals surface area contributed by atoms with Crippen LogP contribution in [0, 0.1) is 0 Å². The van der Waals surface area contributed by atoms with Crippen LogP contribution in [0.2, 0.25) is 0 Å². The third-order valence-corrected chi connectivity index (χ3v) is 2.10. The SMILES string of the molecule is C\C=C/C(OC)=C(\C=C\C)OCCCCC. The van der Waals surface area contributed by atoms with E-state index in [1.807, 2.05) is 38.2 Å². The van der Waals surface area contributed by atoms with Gasteiger partial charge in [0.25, 0.3) is 0 Å². The van der Waals surface area contributed by atoms with Crippen LogP contribution < -0.4 is 0 Å². The normalized spacial score (nSPS) is 13.2. The van der Waals surface area contributed by atoms with Gasteiger partial charge in [-0.3, -0.25) is 0 Å². The first-order valence-electron chi connectivity index (χ1n) is 5.96. The number of methoxy groups -OCH3 is 1. The fraction of sp³-hybridized carbons (Fsp3) is 0.571. The van der Waals surface area contributed by atoms with Crippen molar-refractivity contribution in [2.45, 2.75) is 40.0 Å². The Bertz CT molecular complexity index is 249. The largest absolute Gasteiger partial charge is 0.493 e. The summed E-state index contributed by atoms with van der Waals surface area (Å²) in [7, 11) is 1.66. The number of unbranched alkanes of at least 4 members (excludes halogenated alkanes) is 2. The molecule has 0 aromatic carbocycles. The van der Waals surface area contributed by atoms with Crippen molar-refractivity contribution >= 4 is 0 Å². The molecule has 2 nitrogen and oxygen atoms in total. The Kier molecular flexibility index (Phi) is 9.58. The monoisotopic (exact) mass is 224 g/mol. The molecule has 0 aliphatic rings. The molecule has 0 amide bonds. The second-order valence-electron chi connectivity index (χ2n) is 3.49. The van der Waals surface area contributed by atoms with Gasteiger partial charge in [0.2, 0.25) is 0 Å². The van der Waals surface area contributed by atoms with E-state index < -0.39 is 0 Å². The Morgan fingerprint density at radius 1 is 1.00 bits per heavy atom. The predicted molar refractivity (Wildman–Crippen MR) is 69.1 cm³/mol. The summed E-state index contributed by atoms with van der Waals surface area (Å²) in [6.07, 6.45) is 11.2. The van der Waals surface area contributed by atoms with Crippen LogP contribution in [0.25, 0.3) is 0 Å². The van der Waals surface area contributed by atoms with E-state index in [4.69, 9.17) is 9.47 Å². The lowest BCUT2D eigenvalue weighted by Crippen LogP contribution is -1.98. The summed E-state index contributed by atoms with van der Waals surface area (Å²) >= 11 is 0. The highest BCUT2D eigenvalue weighted by Gasteiger charge is 2.02. The topological polar surface area (TPSA) is 18.5 Å². The Balaban J connectivity index is 4.44. The van der Waals surface area contributed by atoms with Gasteiger partial charge in [0.1, 0.15) is 0 Å². The van der Waals surface area contributed by atoms with Crippen molar-refractivity contribution < 1.29 is 9.47 Å². The molecule has 0 aromatic rings. The van der Waals surface area contributed by atoms with E-state index >= 15 is 0 Å². The Labute approximate surface area is 99.6 Å². The lowest BCUT2D eigenvalue weighted by molar-refractivity contribution is 0.188. The number of allylic oxidation sites excluding steroid dienone is 4. The number of hydrogen-bond acceptors (Lipinski definition) is 2. The Hall–Kier alpha value is -1.18. The summed E-state index contributed by atoms with van der Waals surface area (Å²) in [5.41, 5.74) is 0. The van der Waals surface area contributed by atoms with Gasteiger partial charge in [-0.05, 0) is 32.4 Å². The van der Waals surface area contributed by atoms with E-state index in [1.165, 1.54) is 12.8 Å². The summed E-state index contributed by atoms with van der Waals surface area (Å²) in [5.74, 6) is 1.58. The van der Waals surface area contributed by atoms with Crippen molar-refractivity contribution in [1.82, 2.24) is 0 Å². The maximum absolute atomic E-state index is 5.71. The smallest absolute Gasteiger partial charge is 0.160 e. The van der Waals surface area contributed by atoms with Crippen molar-refractivity contribution in [1.29, 1.82) is 0 Å². The molecular weight excluding hydrogens is 200 g/mol. The first-order valence-corrected chi connectivity index (χ1v) is 5.96. The van der Waals surface area contributed by atoms with Gasteiger partial charge in [-0.2, -0.15) is 0 Å². The van der Waals surface area contributed by atoms with Crippen molar-refractivity contribution in [3.05, 3.63) is 35.8 Å². The Morgan fingerprint density at radius 2 is 1.62 bits per heavy atom. The zero-order valence-electron chi connectivity index (χ0n) is 11.0. The molecule has 2 heteroatoms. The van der Waals surface area contributed by atoms with Gasteiger partial charge in [0.05, 0.1) is 13.7 Å². The number of rotatable bonds is 8. The fourth-order valence-electron chi connectivity index (χ4n) is 1.29. The molecule has 0 saturated heterocycles. The summed E-state index contributed by atoms with van der Waals surface area (Å²) in [6.45, 7) is 6.86. The van der Waals surface area contributed by atoms with Gasteiger partial charge in [-0.15, -0.1) is 0 Å². The second kappa shape index (κ2) is 10.3. The van der Waals surface area contributed by atoms with Gasteiger partial charge in [-0.1, -0.05) is 31.9 Å². The Morgan fingerprint density at radius 3 is 2.12 bits per heavy atom. The average molecular weight is 224 g/mol. The molecule has 0 spiro atoms. The summed E-state index contributed by atoms with van der Waals surface area (Å²) in [4.78, 5) is 0. The third-order valence-electron chi connectivity index (χ3n) is 2.10. The molecule has 0 bridgehead atoms. The first-order chi connectivity index (χ1) is 7.79. The van der Waals surface area contributed by atoms with Gasteiger partial charge in [0, 0.05) is 0 Å². The minimum Gasteiger partial charge on any atom is -0.493 e. The van der Waals surface area contributed by atoms with Crippen molar-refractivity contribution in [2.24, 2.45) is 0 Å². The average Bonchev–Trinajstić information content (AvgIpc) is 2.30. The van der Waals surface area contributed by atoms with Gasteiger partial charge in [-0.25, -0.2) is 0 Å². The highest BCUT2D eigenvalue weighted by Crippen LogP contribution is 2.12. The number of hydrogen-bond donors (Lipinski definition) is 0. The molecule has 0 radical (unpaired) electrons. The van der Waals surface area contributed by atoms with Crippen LogP contribution in [-0.2, 0) is 9.47 Å². The third kappa shape index (κ3) is 6.33. The zero-order valence-corrected chi connectivity index (χ0v) is 11.0. The van der Waals surface area contributed by atoms with E-state index in [2.05, 4.69) is 6.92 Å². The lowest BCUT2D eigenvalue weighted by Gasteiger charge is -2.10. The van der Waals surface area contributed by atoms with Gasteiger partial charge in [0.15, 0.2) is 11.5 Å². The minimum atomic E-state index is 0.748. The molecule has 92 valence electrons. The van der Waals surface area contributed by atoms with Crippen LogP contribution in [0.3, 0.4) is 0 Å². The molecule has 0 fully saturated rings. The van der Waals surface area contributed by atoms with E-state index in [1.54, 1.807) is 7.11 Å². The molecule has 0 aliphatic heterocycles. The van der Waals surface area contributed by atoms with Crippen LogP contribution in [-0.4, -0.2) is 13.7 Å². The molecule has 0 atom stereocenters. The number of ether oxygens (including phenoxy) is 2. The molecular formula is C14H24O2. The van der Waals surface area contributed by atoms with E-state index in [-0.39, 0.29) is 0 Å². The maximum Gasteiger partial charge on any atom is 0.160 e. The van der Waals surface area contributed by atoms with E-state index in [0.717, 1.165) is 24.5 Å². The van der Waals surface area contributed by atoms with E-state index in [9.17, 15) is 0 Å². The second-order valence-corrected chi connectivity index (χ2v) is 3.49. The first kappa shape index (κ1) is 14.8. The fourth-order valence-corrected chi connectivity index (χ4v) is 1.29.